The number of likely N-dealkylation sites (N-methyl/N-ethyl adjacent to an activating group) is 1. The van der Waals surface area contributed by atoms with Crippen molar-refractivity contribution in [3.05, 3.63) is 41.7 Å². The Hall–Kier alpha value is -1.24. The smallest absolute Gasteiger partial charge is 0.198 e. The van der Waals surface area contributed by atoms with Gasteiger partial charge in [0.15, 0.2) is 5.96 Å². The molecule has 114 valence electrons. The molecule has 3 atom stereocenters. The van der Waals surface area contributed by atoms with Crippen LogP contribution in [0.3, 0.4) is 0 Å². The molecule has 0 aromatic heterocycles. The number of nitrogens with zero attached hydrogens (tertiary/aromatic N) is 3. The summed E-state index contributed by atoms with van der Waals surface area (Å²) >= 11 is 0. The lowest BCUT2D eigenvalue weighted by Crippen LogP contribution is -2.44. The van der Waals surface area contributed by atoms with E-state index in [2.05, 4.69) is 61.0 Å². The maximum absolute atomic E-state index is 6.04. The van der Waals surface area contributed by atoms with Crippen molar-refractivity contribution >= 4 is 35.6 Å². The summed E-state index contributed by atoms with van der Waals surface area (Å²) in [7, 11) is 1.97. The first-order valence-electron chi connectivity index (χ1n) is 7.17. The molecule has 3 unspecified atom stereocenters. The molecule has 0 saturated heterocycles. The van der Waals surface area contributed by atoms with E-state index in [4.69, 9.17) is 5.73 Å². The highest BCUT2D eigenvalue weighted by Gasteiger charge is 2.35. The van der Waals surface area contributed by atoms with Gasteiger partial charge in [-0.2, -0.15) is 4.99 Å². The highest BCUT2D eigenvalue weighted by atomic mass is 127. The monoisotopic (exact) mass is 398 g/mol. The normalized spacial score (nSPS) is 27.7. The Balaban J connectivity index is 0.00000161. The molecule has 4 nitrogen and oxygen atoms in total. The molecular weight excluding hydrogens is 375 g/mol. The van der Waals surface area contributed by atoms with Gasteiger partial charge in [0.05, 0.1) is 6.04 Å². The fourth-order valence-electron chi connectivity index (χ4n) is 3.03. The van der Waals surface area contributed by atoms with E-state index in [-0.39, 0.29) is 30.0 Å². The quantitative estimate of drug-likeness (QED) is 0.740. The zero-order chi connectivity index (χ0) is 14.4. The molecule has 0 amide bonds. The van der Waals surface area contributed by atoms with Crippen LogP contribution in [-0.4, -0.2) is 30.0 Å². The fourth-order valence-corrected chi connectivity index (χ4v) is 3.03. The van der Waals surface area contributed by atoms with Gasteiger partial charge in [0.1, 0.15) is 5.82 Å². The lowest BCUT2D eigenvalue weighted by molar-refractivity contribution is 0.434. The van der Waals surface area contributed by atoms with Gasteiger partial charge in [-0.3, -0.25) is 0 Å². The summed E-state index contributed by atoms with van der Waals surface area (Å²) < 4.78 is 0. The molecule has 0 fully saturated rings. The van der Waals surface area contributed by atoms with Gasteiger partial charge in [-0.05, 0) is 31.6 Å². The number of hydrogen-bond acceptors (Lipinski definition) is 4. The third kappa shape index (κ3) is 2.52. The minimum atomic E-state index is 0. The second-order valence-electron chi connectivity index (χ2n) is 5.80. The van der Waals surface area contributed by atoms with Crippen LogP contribution in [0.5, 0.6) is 0 Å². The van der Waals surface area contributed by atoms with Crippen LogP contribution in [0.25, 0.3) is 0 Å². The first-order valence-corrected chi connectivity index (χ1v) is 7.17. The Morgan fingerprint density at radius 3 is 2.48 bits per heavy atom. The lowest BCUT2D eigenvalue weighted by atomic mass is 9.98. The molecule has 0 aliphatic carbocycles. The van der Waals surface area contributed by atoms with Gasteiger partial charge in [0.2, 0.25) is 0 Å². The minimum Gasteiger partial charge on any atom is -0.369 e. The van der Waals surface area contributed by atoms with E-state index in [1.54, 1.807) is 0 Å². The van der Waals surface area contributed by atoms with E-state index in [9.17, 15) is 0 Å². The number of para-hydroxylation sites is 1. The summed E-state index contributed by atoms with van der Waals surface area (Å²) in [6.07, 6.45) is 2.18. The van der Waals surface area contributed by atoms with E-state index < -0.39 is 0 Å². The van der Waals surface area contributed by atoms with Gasteiger partial charge in [-0.1, -0.05) is 25.1 Å². The first-order chi connectivity index (χ1) is 9.50. The Morgan fingerprint density at radius 1 is 1.14 bits per heavy atom. The molecule has 1 aromatic rings. The molecule has 2 aliphatic heterocycles. The summed E-state index contributed by atoms with van der Waals surface area (Å²) in [4.78, 5) is 8.89. The number of benzene rings is 1. The van der Waals surface area contributed by atoms with Crippen molar-refractivity contribution in [2.75, 3.05) is 11.9 Å². The molecule has 2 heterocycles. The second-order valence-corrected chi connectivity index (χ2v) is 5.80. The first kappa shape index (κ1) is 16.1. The predicted molar refractivity (Wildman–Crippen MR) is 99.1 cm³/mol. The molecule has 1 aromatic carbocycles. The Labute approximate surface area is 143 Å². The van der Waals surface area contributed by atoms with Gasteiger partial charge in [-0.25, -0.2) is 0 Å². The van der Waals surface area contributed by atoms with Crippen LogP contribution in [0, 0.1) is 0 Å². The Bertz CT molecular complexity index is 596. The number of nitrogens with two attached hydrogens (primary N) is 1. The number of halogens is 1. The SMILES string of the molecule is CC1c2ccccc2N(C2=CC(C)N(C)C(N)=N2)C1C.I. The number of anilines is 1. The molecular formula is C16H23IN4. The zero-order valence-electron chi connectivity index (χ0n) is 12.9. The number of hydrogen-bond donors (Lipinski definition) is 1. The maximum Gasteiger partial charge on any atom is 0.198 e. The molecule has 2 aliphatic rings. The van der Waals surface area contributed by atoms with Gasteiger partial charge >= 0.3 is 0 Å². The van der Waals surface area contributed by atoms with Gasteiger partial charge < -0.3 is 15.5 Å². The van der Waals surface area contributed by atoms with Gasteiger partial charge in [0, 0.05) is 24.7 Å². The molecule has 0 spiro atoms. The van der Waals surface area contributed by atoms with Crippen LogP contribution in [0.2, 0.25) is 0 Å². The van der Waals surface area contributed by atoms with Crippen LogP contribution >= 0.6 is 24.0 Å². The van der Waals surface area contributed by atoms with Crippen LogP contribution in [-0.2, 0) is 0 Å². The number of guanidine groups is 1. The molecule has 3 rings (SSSR count). The van der Waals surface area contributed by atoms with Crippen LogP contribution in [0.4, 0.5) is 5.69 Å². The molecule has 5 heteroatoms. The topological polar surface area (TPSA) is 44.9 Å². The van der Waals surface area contributed by atoms with E-state index in [0.717, 1.165) is 5.82 Å². The van der Waals surface area contributed by atoms with Crippen molar-refractivity contribution in [2.45, 2.75) is 38.8 Å². The highest BCUT2D eigenvalue weighted by molar-refractivity contribution is 14.0. The number of aliphatic imine (C=N–C) groups is 1. The fraction of sp³-hybridized carbons (Fsp3) is 0.438. The minimum absolute atomic E-state index is 0. The van der Waals surface area contributed by atoms with E-state index in [1.165, 1.54) is 11.3 Å². The Morgan fingerprint density at radius 2 is 1.81 bits per heavy atom. The van der Waals surface area contributed by atoms with Crippen molar-refractivity contribution in [3.8, 4) is 0 Å². The van der Waals surface area contributed by atoms with Crippen LogP contribution in [0.15, 0.2) is 41.2 Å². The maximum atomic E-state index is 6.04. The zero-order valence-corrected chi connectivity index (χ0v) is 15.3. The van der Waals surface area contributed by atoms with Crippen LogP contribution < -0.4 is 10.6 Å². The second kappa shape index (κ2) is 5.87. The van der Waals surface area contributed by atoms with E-state index in [1.807, 2.05) is 11.9 Å². The lowest BCUT2D eigenvalue weighted by Gasteiger charge is -2.33. The van der Waals surface area contributed by atoms with Crippen molar-refractivity contribution in [3.63, 3.8) is 0 Å². The predicted octanol–water partition coefficient (Wildman–Crippen LogP) is 3.11. The standard InChI is InChI=1S/C16H22N4.HI/c1-10-9-15(18-16(17)19(10)4)20-12(3)11(2)13-7-5-6-8-14(13)20;/h5-12H,1-4H3,(H2,17,18);1H. The molecule has 2 N–H and O–H groups in total. The van der Waals surface area contributed by atoms with Crippen molar-refractivity contribution in [1.82, 2.24) is 4.90 Å². The molecule has 0 saturated carbocycles. The summed E-state index contributed by atoms with van der Waals surface area (Å²) in [6, 6.07) is 9.23. The largest absolute Gasteiger partial charge is 0.369 e. The van der Waals surface area contributed by atoms with Gasteiger partial charge in [-0.15, -0.1) is 24.0 Å². The third-order valence-electron chi connectivity index (χ3n) is 4.66. The molecule has 21 heavy (non-hydrogen) atoms. The highest BCUT2D eigenvalue weighted by Crippen LogP contribution is 2.43. The Kier molecular flexibility index (Phi) is 4.51. The van der Waals surface area contributed by atoms with E-state index in [0.29, 0.717) is 17.9 Å². The average Bonchev–Trinajstić information content (AvgIpc) is 2.68. The summed E-state index contributed by atoms with van der Waals surface area (Å²) in [5, 5.41) is 0. The van der Waals surface area contributed by atoms with Crippen molar-refractivity contribution in [2.24, 2.45) is 10.7 Å². The summed E-state index contributed by atoms with van der Waals surface area (Å²) in [6.45, 7) is 6.66. The molecule has 0 bridgehead atoms. The van der Waals surface area contributed by atoms with Gasteiger partial charge in [0.25, 0.3) is 0 Å². The average molecular weight is 398 g/mol. The molecule has 0 radical (unpaired) electrons. The van der Waals surface area contributed by atoms with Crippen molar-refractivity contribution in [1.29, 1.82) is 0 Å². The summed E-state index contributed by atoms with van der Waals surface area (Å²) in [5.74, 6) is 2.05. The van der Waals surface area contributed by atoms with Crippen molar-refractivity contribution < 1.29 is 0 Å². The van der Waals surface area contributed by atoms with E-state index >= 15 is 0 Å². The number of fused-ring (bicyclic) bond motifs is 1. The number of rotatable bonds is 1. The van der Waals surface area contributed by atoms with Crippen LogP contribution in [0.1, 0.15) is 32.3 Å². The summed E-state index contributed by atoms with van der Waals surface area (Å²) in [5.41, 5.74) is 8.68. The third-order valence-corrected chi connectivity index (χ3v) is 4.66.